The van der Waals surface area contributed by atoms with Crippen LogP contribution < -0.4 is 5.48 Å². The van der Waals surface area contributed by atoms with E-state index in [0.29, 0.717) is 0 Å². The van der Waals surface area contributed by atoms with Crippen LogP contribution in [0, 0.1) is 0 Å². The van der Waals surface area contributed by atoms with Crippen LogP contribution in [0.4, 0.5) is 0 Å². The van der Waals surface area contributed by atoms with Crippen molar-refractivity contribution in [1.82, 2.24) is 5.48 Å². The molecule has 0 rings (SSSR count). The second kappa shape index (κ2) is 3.35. The number of rotatable bonds is 3. The molecule has 0 saturated heterocycles. The standard InChI is InChI=1S/C4H9NO6S/c1-4(2,7)3(6)5-11-12(8,9)10/h7H,1-2H3,(H,5,6)(H,8,9,10). The molecule has 0 radical (unpaired) electrons. The second-order valence-corrected chi connectivity index (χ2v) is 3.52. The molecule has 72 valence electrons. The van der Waals surface area contributed by atoms with Crippen molar-refractivity contribution in [3.63, 3.8) is 0 Å². The first kappa shape index (κ1) is 11.3. The number of nitrogens with one attached hydrogen (secondary N) is 1. The van der Waals surface area contributed by atoms with Crippen molar-refractivity contribution in [2.75, 3.05) is 0 Å². The molecular weight excluding hydrogens is 190 g/mol. The first-order valence-corrected chi connectivity index (χ1v) is 4.18. The minimum Gasteiger partial charge on any atom is -0.381 e. The van der Waals surface area contributed by atoms with Gasteiger partial charge in [0.15, 0.2) is 0 Å². The lowest BCUT2D eigenvalue weighted by Crippen LogP contribution is -2.42. The number of hydroxylamine groups is 1. The highest BCUT2D eigenvalue weighted by molar-refractivity contribution is 7.80. The van der Waals surface area contributed by atoms with Crippen LogP contribution in [0.25, 0.3) is 0 Å². The normalized spacial score (nSPS) is 12.7. The van der Waals surface area contributed by atoms with Crippen molar-refractivity contribution < 1.29 is 27.2 Å². The highest BCUT2D eigenvalue weighted by Crippen LogP contribution is 1.99. The van der Waals surface area contributed by atoms with Gasteiger partial charge in [0.2, 0.25) is 0 Å². The summed E-state index contributed by atoms with van der Waals surface area (Å²) in [5.74, 6) is -1.08. The highest BCUT2D eigenvalue weighted by Gasteiger charge is 2.25. The molecule has 3 N–H and O–H groups in total. The molecule has 0 aromatic carbocycles. The molecule has 7 nitrogen and oxygen atoms in total. The Morgan fingerprint density at radius 2 is 1.92 bits per heavy atom. The number of carbonyl (C=O) groups is 1. The van der Waals surface area contributed by atoms with Gasteiger partial charge in [0.05, 0.1) is 0 Å². The fourth-order valence-corrected chi connectivity index (χ4v) is 0.396. The van der Waals surface area contributed by atoms with Crippen LogP contribution in [0.3, 0.4) is 0 Å². The summed E-state index contributed by atoms with van der Waals surface area (Å²) < 4.78 is 31.3. The summed E-state index contributed by atoms with van der Waals surface area (Å²) in [5, 5.41) is 8.91. The van der Waals surface area contributed by atoms with Crippen LogP contribution >= 0.6 is 0 Å². The first-order chi connectivity index (χ1) is 5.13. The van der Waals surface area contributed by atoms with E-state index in [4.69, 9.17) is 9.66 Å². The predicted molar refractivity (Wildman–Crippen MR) is 37.1 cm³/mol. The summed E-state index contributed by atoms with van der Waals surface area (Å²) in [5.41, 5.74) is -0.437. The van der Waals surface area contributed by atoms with Gasteiger partial charge in [-0.15, -0.1) is 4.28 Å². The number of aliphatic hydroxyl groups is 1. The summed E-state index contributed by atoms with van der Waals surface area (Å²) in [6.07, 6.45) is 0. The maximum Gasteiger partial charge on any atom is 0.418 e. The quantitative estimate of drug-likeness (QED) is 0.381. The van der Waals surface area contributed by atoms with Crippen LogP contribution in [0.5, 0.6) is 0 Å². The van der Waals surface area contributed by atoms with Gasteiger partial charge < -0.3 is 5.11 Å². The number of carbonyl (C=O) groups excluding carboxylic acids is 1. The van der Waals surface area contributed by atoms with Crippen molar-refractivity contribution in [1.29, 1.82) is 0 Å². The Morgan fingerprint density at radius 1 is 1.50 bits per heavy atom. The smallest absolute Gasteiger partial charge is 0.381 e. The molecule has 0 aromatic heterocycles. The average Bonchev–Trinajstić information content (AvgIpc) is 1.78. The summed E-state index contributed by atoms with van der Waals surface area (Å²) in [6.45, 7) is 2.24. The Bertz CT molecular complexity index is 262. The van der Waals surface area contributed by atoms with Crippen molar-refractivity contribution in [2.45, 2.75) is 19.4 Å². The second-order valence-electron chi connectivity index (χ2n) is 2.50. The topological polar surface area (TPSA) is 113 Å². The first-order valence-electron chi connectivity index (χ1n) is 2.81. The molecule has 0 fully saturated rings. The molecule has 12 heavy (non-hydrogen) atoms. The number of amides is 1. The Hall–Kier alpha value is -0.700. The van der Waals surface area contributed by atoms with Gasteiger partial charge >= 0.3 is 10.4 Å². The molecule has 8 heteroatoms. The van der Waals surface area contributed by atoms with Gasteiger partial charge in [0.25, 0.3) is 5.91 Å². The van der Waals surface area contributed by atoms with Crippen LogP contribution in [0.15, 0.2) is 0 Å². The molecule has 0 aromatic rings. The molecule has 0 heterocycles. The molecule has 1 amide bonds. The monoisotopic (exact) mass is 199 g/mol. The molecule has 0 bridgehead atoms. The van der Waals surface area contributed by atoms with Crippen LogP contribution in [0.2, 0.25) is 0 Å². The minimum absolute atomic E-state index is 1.08. The lowest BCUT2D eigenvalue weighted by molar-refractivity contribution is -0.143. The zero-order valence-corrected chi connectivity index (χ0v) is 7.25. The highest BCUT2D eigenvalue weighted by atomic mass is 32.3. The molecule has 0 saturated carbocycles. The fourth-order valence-electron chi connectivity index (χ4n) is 0.215. The lowest BCUT2D eigenvalue weighted by atomic mass is 10.1. The van der Waals surface area contributed by atoms with Gasteiger partial charge in [-0.2, -0.15) is 8.42 Å². The third-order valence-corrected chi connectivity index (χ3v) is 1.09. The zero-order chi connectivity index (χ0) is 9.99. The van der Waals surface area contributed by atoms with Gasteiger partial charge in [-0.05, 0) is 13.8 Å². The Morgan fingerprint density at radius 3 is 2.17 bits per heavy atom. The Labute approximate surface area is 69.2 Å². The maximum atomic E-state index is 10.6. The molecular formula is C4H9NO6S. The summed E-state index contributed by atoms with van der Waals surface area (Å²) in [4.78, 5) is 10.6. The van der Waals surface area contributed by atoms with Gasteiger partial charge in [-0.3, -0.25) is 9.35 Å². The van der Waals surface area contributed by atoms with Gasteiger partial charge in [0, 0.05) is 0 Å². The van der Waals surface area contributed by atoms with E-state index in [0.717, 1.165) is 13.8 Å². The Balaban J connectivity index is 4.07. The minimum atomic E-state index is -4.72. The number of hydrogen-bond donors (Lipinski definition) is 3. The van der Waals surface area contributed by atoms with E-state index >= 15 is 0 Å². The van der Waals surface area contributed by atoms with Gasteiger partial charge in [-0.25, -0.2) is 5.48 Å². The summed E-state index contributed by atoms with van der Waals surface area (Å²) in [6, 6.07) is 0. The van der Waals surface area contributed by atoms with E-state index in [1.54, 1.807) is 0 Å². The van der Waals surface area contributed by atoms with Crippen molar-refractivity contribution in [2.24, 2.45) is 0 Å². The number of hydrogen-bond acceptors (Lipinski definition) is 5. The van der Waals surface area contributed by atoms with E-state index in [-0.39, 0.29) is 0 Å². The molecule has 0 spiro atoms. The fraction of sp³-hybridized carbons (Fsp3) is 0.750. The zero-order valence-electron chi connectivity index (χ0n) is 6.44. The Kier molecular flexibility index (Phi) is 3.16. The van der Waals surface area contributed by atoms with Crippen LogP contribution in [0.1, 0.15) is 13.8 Å². The van der Waals surface area contributed by atoms with Gasteiger partial charge in [-0.1, -0.05) is 0 Å². The van der Waals surface area contributed by atoms with Crippen LogP contribution in [-0.2, 0) is 19.5 Å². The van der Waals surface area contributed by atoms with E-state index < -0.39 is 21.9 Å². The summed E-state index contributed by atoms with van der Waals surface area (Å²) in [7, 11) is -4.72. The molecule has 0 aliphatic heterocycles. The molecule has 0 atom stereocenters. The van der Waals surface area contributed by atoms with E-state index in [2.05, 4.69) is 4.28 Å². The SMILES string of the molecule is CC(C)(O)C(=O)NOS(=O)(=O)O. The largest absolute Gasteiger partial charge is 0.418 e. The van der Waals surface area contributed by atoms with Crippen molar-refractivity contribution in [3.05, 3.63) is 0 Å². The molecule has 0 aliphatic rings. The lowest BCUT2D eigenvalue weighted by Gasteiger charge is -2.14. The third-order valence-electron chi connectivity index (χ3n) is 0.795. The molecule has 0 aliphatic carbocycles. The van der Waals surface area contributed by atoms with Crippen molar-refractivity contribution >= 4 is 16.3 Å². The van der Waals surface area contributed by atoms with Gasteiger partial charge in [0.1, 0.15) is 5.60 Å². The van der Waals surface area contributed by atoms with Crippen LogP contribution in [-0.4, -0.2) is 29.6 Å². The van der Waals surface area contributed by atoms with Crippen molar-refractivity contribution in [3.8, 4) is 0 Å². The maximum absolute atomic E-state index is 10.6. The average molecular weight is 199 g/mol. The van der Waals surface area contributed by atoms with E-state index in [1.807, 2.05) is 0 Å². The third kappa shape index (κ3) is 5.02. The van der Waals surface area contributed by atoms with E-state index in [9.17, 15) is 13.2 Å². The predicted octanol–water partition coefficient (Wildman–Crippen LogP) is -1.39. The molecule has 0 unspecified atom stereocenters. The summed E-state index contributed by atoms with van der Waals surface area (Å²) >= 11 is 0. The van der Waals surface area contributed by atoms with E-state index in [1.165, 1.54) is 5.48 Å².